The van der Waals surface area contributed by atoms with Gasteiger partial charge >= 0.3 is 5.97 Å². The molecule has 3 heterocycles. The minimum Gasteiger partial charge on any atom is -0.460 e. The summed E-state index contributed by atoms with van der Waals surface area (Å²) in [5.74, 6) is 1.30. The van der Waals surface area contributed by atoms with E-state index >= 15 is 0 Å². The molecule has 128 valence electrons. The second kappa shape index (κ2) is 6.09. The molecule has 0 spiro atoms. The first-order valence-corrected chi connectivity index (χ1v) is 8.61. The molecule has 2 aromatic rings. The van der Waals surface area contributed by atoms with Crippen LogP contribution in [-0.4, -0.2) is 35.6 Å². The lowest BCUT2D eigenvalue weighted by atomic mass is 9.94. The summed E-state index contributed by atoms with van der Waals surface area (Å²) in [6.45, 7) is 6.58. The number of aryl methyl sites for hydroxylation is 2. The van der Waals surface area contributed by atoms with E-state index in [0.29, 0.717) is 18.3 Å². The fourth-order valence-corrected chi connectivity index (χ4v) is 3.64. The molecule has 0 radical (unpaired) electrons. The minimum atomic E-state index is -0.395. The maximum absolute atomic E-state index is 12.1. The van der Waals surface area contributed by atoms with Crippen LogP contribution in [0.1, 0.15) is 40.8 Å². The van der Waals surface area contributed by atoms with E-state index in [9.17, 15) is 4.79 Å². The molecular weight excluding hydrogens is 308 g/mol. The Bertz CT molecular complexity index is 768. The predicted octanol–water partition coefficient (Wildman–Crippen LogP) is 2.76. The Labute approximate surface area is 140 Å². The largest absolute Gasteiger partial charge is 0.460 e. The van der Waals surface area contributed by atoms with E-state index in [1.54, 1.807) is 6.92 Å². The van der Waals surface area contributed by atoms with Crippen LogP contribution >= 0.6 is 0 Å². The number of furan rings is 1. The van der Waals surface area contributed by atoms with Gasteiger partial charge < -0.3 is 13.9 Å². The maximum Gasteiger partial charge on any atom is 0.374 e. The number of fused-ring (bicyclic) bond motifs is 3. The third kappa shape index (κ3) is 2.55. The highest BCUT2D eigenvalue weighted by atomic mass is 16.5. The highest BCUT2D eigenvalue weighted by Gasteiger charge is 2.30. The molecule has 4 rings (SSSR count). The van der Waals surface area contributed by atoms with Gasteiger partial charge in [0.1, 0.15) is 5.76 Å². The first kappa shape index (κ1) is 15.4. The highest BCUT2D eigenvalue weighted by Crippen LogP contribution is 2.38. The molecule has 6 heteroatoms. The fourth-order valence-electron chi connectivity index (χ4n) is 3.64. The van der Waals surface area contributed by atoms with Gasteiger partial charge in [0.15, 0.2) is 0 Å². The Hall–Kier alpha value is -2.08. The summed E-state index contributed by atoms with van der Waals surface area (Å²) in [6, 6.07) is 0. The van der Waals surface area contributed by atoms with Crippen LogP contribution in [-0.2, 0) is 28.9 Å². The van der Waals surface area contributed by atoms with Gasteiger partial charge in [0.2, 0.25) is 5.76 Å². The van der Waals surface area contributed by atoms with Crippen LogP contribution in [0, 0.1) is 12.8 Å². The van der Waals surface area contributed by atoms with Crippen LogP contribution < -0.4 is 0 Å². The van der Waals surface area contributed by atoms with Gasteiger partial charge in [-0.3, -0.25) is 4.68 Å². The van der Waals surface area contributed by atoms with Gasteiger partial charge in [-0.1, -0.05) is 0 Å². The van der Waals surface area contributed by atoms with Crippen molar-refractivity contribution in [3.8, 4) is 11.3 Å². The van der Waals surface area contributed by atoms with Crippen molar-refractivity contribution in [2.24, 2.45) is 5.92 Å². The third-order valence-corrected chi connectivity index (χ3v) is 4.85. The summed E-state index contributed by atoms with van der Waals surface area (Å²) < 4.78 is 18.4. The average molecular weight is 330 g/mol. The van der Waals surface area contributed by atoms with E-state index in [1.807, 2.05) is 11.6 Å². The zero-order valence-corrected chi connectivity index (χ0v) is 14.1. The van der Waals surface area contributed by atoms with Crippen molar-refractivity contribution in [3.05, 3.63) is 28.8 Å². The topological polar surface area (TPSA) is 66.5 Å². The van der Waals surface area contributed by atoms with Gasteiger partial charge in [-0.25, -0.2) is 4.79 Å². The van der Waals surface area contributed by atoms with Crippen molar-refractivity contribution in [2.45, 2.75) is 39.7 Å². The molecule has 1 atom stereocenters. The van der Waals surface area contributed by atoms with Gasteiger partial charge in [0.05, 0.1) is 18.9 Å². The van der Waals surface area contributed by atoms with Crippen molar-refractivity contribution < 1.29 is 18.7 Å². The van der Waals surface area contributed by atoms with E-state index in [0.717, 1.165) is 61.6 Å². The summed E-state index contributed by atoms with van der Waals surface area (Å²) in [6.07, 6.45) is 4.90. The Balaban J connectivity index is 1.67. The van der Waals surface area contributed by atoms with Gasteiger partial charge in [-0.05, 0) is 32.3 Å². The fraction of sp³-hybridized carbons (Fsp3) is 0.556. The van der Waals surface area contributed by atoms with E-state index in [2.05, 4.69) is 6.20 Å². The van der Waals surface area contributed by atoms with Crippen LogP contribution in [0.2, 0.25) is 0 Å². The Kier molecular flexibility index (Phi) is 3.92. The van der Waals surface area contributed by atoms with Crippen molar-refractivity contribution >= 4 is 5.97 Å². The van der Waals surface area contributed by atoms with E-state index in [-0.39, 0.29) is 0 Å². The molecule has 0 bridgehead atoms. The maximum atomic E-state index is 12.1. The average Bonchev–Trinajstić information content (AvgIpc) is 3.26. The minimum absolute atomic E-state index is 0.313. The van der Waals surface area contributed by atoms with Crippen molar-refractivity contribution in [3.63, 3.8) is 0 Å². The Morgan fingerprint density at radius 3 is 3.08 bits per heavy atom. The SMILES string of the molecule is CCOC(=O)c1oc2c(c1C)-c1nn(CC3CCOC3)cc1CC2. The molecule has 1 saturated heterocycles. The van der Waals surface area contributed by atoms with Crippen LogP contribution in [0.25, 0.3) is 11.3 Å². The number of rotatable bonds is 4. The summed E-state index contributed by atoms with van der Waals surface area (Å²) in [4.78, 5) is 12.1. The molecule has 1 unspecified atom stereocenters. The van der Waals surface area contributed by atoms with Crippen LogP contribution in [0.4, 0.5) is 0 Å². The lowest BCUT2D eigenvalue weighted by molar-refractivity contribution is 0.0487. The number of esters is 1. The van der Waals surface area contributed by atoms with Gasteiger partial charge in [-0.15, -0.1) is 0 Å². The lowest BCUT2D eigenvalue weighted by Gasteiger charge is -2.09. The van der Waals surface area contributed by atoms with Gasteiger partial charge in [0.25, 0.3) is 0 Å². The second-order valence-corrected chi connectivity index (χ2v) is 6.53. The molecule has 0 aromatic carbocycles. The molecule has 1 fully saturated rings. The number of carbonyl (C=O) groups excluding carboxylic acids is 1. The summed E-state index contributed by atoms with van der Waals surface area (Å²) >= 11 is 0. The summed E-state index contributed by atoms with van der Waals surface area (Å²) in [7, 11) is 0. The molecule has 1 aliphatic heterocycles. The third-order valence-electron chi connectivity index (χ3n) is 4.85. The van der Waals surface area contributed by atoms with E-state index in [4.69, 9.17) is 19.0 Å². The van der Waals surface area contributed by atoms with E-state index < -0.39 is 5.97 Å². The van der Waals surface area contributed by atoms with Gasteiger partial charge in [-0.2, -0.15) is 5.10 Å². The van der Waals surface area contributed by atoms with Crippen molar-refractivity contribution in [1.82, 2.24) is 9.78 Å². The molecule has 2 aliphatic rings. The zero-order valence-electron chi connectivity index (χ0n) is 14.1. The monoisotopic (exact) mass is 330 g/mol. The number of carbonyl (C=O) groups is 1. The summed E-state index contributed by atoms with van der Waals surface area (Å²) in [5.41, 5.74) is 3.98. The number of ether oxygens (including phenoxy) is 2. The van der Waals surface area contributed by atoms with Gasteiger partial charge in [0, 0.05) is 42.8 Å². The molecular formula is C18H22N2O4. The molecule has 0 saturated carbocycles. The zero-order chi connectivity index (χ0) is 16.7. The number of hydrogen-bond acceptors (Lipinski definition) is 5. The van der Waals surface area contributed by atoms with Crippen LogP contribution in [0.3, 0.4) is 0 Å². The molecule has 0 N–H and O–H groups in total. The molecule has 6 nitrogen and oxygen atoms in total. The molecule has 24 heavy (non-hydrogen) atoms. The Morgan fingerprint density at radius 2 is 2.33 bits per heavy atom. The standard InChI is InChI=1S/C18H22N2O4/c1-3-23-18(21)17-11(2)15-14(24-17)5-4-13-9-20(19-16(13)15)8-12-6-7-22-10-12/h9,12H,3-8,10H2,1-2H3. The second-order valence-electron chi connectivity index (χ2n) is 6.53. The highest BCUT2D eigenvalue weighted by molar-refractivity contribution is 5.91. The van der Waals surface area contributed by atoms with Crippen molar-refractivity contribution in [2.75, 3.05) is 19.8 Å². The quantitative estimate of drug-likeness (QED) is 0.807. The van der Waals surface area contributed by atoms with Crippen molar-refractivity contribution in [1.29, 1.82) is 0 Å². The normalized spacial score (nSPS) is 19.2. The first-order chi connectivity index (χ1) is 11.7. The number of aromatic nitrogens is 2. The molecule has 2 aromatic heterocycles. The number of nitrogens with zero attached hydrogens (tertiary/aromatic N) is 2. The summed E-state index contributed by atoms with van der Waals surface area (Å²) in [5, 5.41) is 4.78. The smallest absolute Gasteiger partial charge is 0.374 e. The molecule has 0 amide bonds. The van der Waals surface area contributed by atoms with Crippen LogP contribution in [0.5, 0.6) is 0 Å². The van der Waals surface area contributed by atoms with E-state index in [1.165, 1.54) is 5.56 Å². The Morgan fingerprint density at radius 1 is 1.46 bits per heavy atom. The first-order valence-electron chi connectivity index (χ1n) is 8.61. The predicted molar refractivity (Wildman–Crippen MR) is 87.0 cm³/mol. The lowest BCUT2D eigenvalue weighted by Crippen LogP contribution is -2.11. The molecule has 1 aliphatic carbocycles. The number of hydrogen-bond donors (Lipinski definition) is 0. The van der Waals surface area contributed by atoms with Crippen LogP contribution in [0.15, 0.2) is 10.6 Å².